The second-order valence-corrected chi connectivity index (χ2v) is 6.34. The van der Waals surface area contributed by atoms with Gasteiger partial charge in [-0.25, -0.2) is 4.98 Å². The van der Waals surface area contributed by atoms with Crippen molar-refractivity contribution >= 4 is 33.8 Å². The number of halogens is 1. The van der Waals surface area contributed by atoms with Crippen molar-refractivity contribution in [1.29, 1.82) is 0 Å². The number of rotatable bonds is 4. The highest BCUT2D eigenvalue weighted by molar-refractivity contribution is 7.14. The van der Waals surface area contributed by atoms with Crippen molar-refractivity contribution in [3.05, 3.63) is 64.3 Å². The summed E-state index contributed by atoms with van der Waals surface area (Å²) < 4.78 is 0. The summed E-state index contributed by atoms with van der Waals surface area (Å²) in [6.45, 7) is 3.90. The Balaban J connectivity index is 1.72. The molecule has 4 nitrogen and oxygen atoms in total. The fourth-order valence-electron chi connectivity index (χ4n) is 1.96. The molecule has 1 aromatic carbocycles. The Hall–Kier alpha value is -2.24. The van der Waals surface area contributed by atoms with Gasteiger partial charge in [0.15, 0.2) is 0 Å². The van der Waals surface area contributed by atoms with E-state index in [0.29, 0.717) is 5.02 Å². The number of hydrogen-bond acceptors (Lipinski definition) is 5. The van der Waals surface area contributed by atoms with Gasteiger partial charge in [0.05, 0.1) is 11.4 Å². The Morgan fingerprint density at radius 3 is 2.65 bits per heavy atom. The zero-order chi connectivity index (χ0) is 16.2. The van der Waals surface area contributed by atoms with Crippen molar-refractivity contribution in [2.75, 3.05) is 5.43 Å². The topological polar surface area (TPSA) is 50.2 Å². The fraction of sp³-hybridized carbons (Fsp3) is 0.118. The van der Waals surface area contributed by atoms with E-state index in [4.69, 9.17) is 11.6 Å². The van der Waals surface area contributed by atoms with E-state index in [1.807, 2.05) is 61.8 Å². The Bertz CT molecular complexity index is 823. The maximum Gasteiger partial charge on any atom is 0.203 e. The number of hydrogen-bond donors (Lipinski definition) is 1. The molecule has 3 rings (SSSR count). The molecule has 2 heterocycles. The molecule has 0 aliphatic rings. The first kappa shape index (κ1) is 15.6. The molecule has 1 N–H and O–H groups in total. The lowest BCUT2D eigenvalue weighted by atomic mass is 10.2. The lowest BCUT2D eigenvalue weighted by Crippen LogP contribution is -2.00. The third-order valence-electron chi connectivity index (χ3n) is 3.29. The number of pyridine rings is 1. The number of aromatic nitrogens is 2. The lowest BCUT2D eigenvalue weighted by molar-refractivity contribution is 1.19. The van der Waals surface area contributed by atoms with Crippen LogP contribution in [0.1, 0.15) is 18.2 Å². The maximum absolute atomic E-state index is 5.90. The highest BCUT2D eigenvalue weighted by Gasteiger charge is 2.04. The van der Waals surface area contributed by atoms with Crippen LogP contribution >= 0.6 is 22.9 Å². The largest absolute Gasteiger partial charge is 0.261 e. The molecule has 0 amide bonds. The van der Waals surface area contributed by atoms with Crippen LogP contribution in [0, 0.1) is 6.92 Å². The summed E-state index contributed by atoms with van der Waals surface area (Å²) in [6, 6.07) is 11.6. The average Bonchev–Trinajstić information content (AvgIpc) is 3.03. The number of nitrogens with zero attached hydrogens (tertiary/aromatic N) is 3. The van der Waals surface area contributed by atoms with Gasteiger partial charge in [0.2, 0.25) is 5.13 Å². The molecular weight excluding hydrogens is 328 g/mol. The van der Waals surface area contributed by atoms with E-state index in [9.17, 15) is 0 Å². The summed E-state index contributed by atoms with van der Waals surface area (Å²) in [6.07, 6.45) is 1.82. The Labute approximate surface area is 143 Å². The minimum absolute atomic E-state index is 0.717. The molecule has 23 heavy (non-hydrogen) atoms. The van der Waals surface area contributed by atoms with Crippen molar-refractivity contribution in [3.8, 4) is 11.3 Å². The average molecular weight is 343 g/mol. The van der Waals surface area contributed by atoms with E-state index in [-0.39, 0.29) is 0 Å². The first-order valence-corrected chi connectivity index (χ1v) is 8.32. The summed E-state index contributed by atoms with van der Waals surface area (Å²) in [5.41, 5.74) is 7.77. The fourth-order valence-corrected chi connectivity index (χ4v) is 2.74. The van der Waals surface area contributed by atoms with Gasteiger partial charge in [0.1, 0.15) is 0 Å². The Morgan fingerprint density at radius 2 is 1.96 bits per heavy atom. The van der Waals surface area contributed by atoms with Crippen LogP contribution in [0.5, 0.6) is 0 Å². The van der Waals surface area contributed by atoms with Crippen molar-refractivity contribution in [1.82, 2.24) is 9.97 Å². The molecule has 116 valence electrons. The van der Waals surface area contributed by atoms with Crippen LogP contribution in [-0.2, 0) is 0 Å². The Kier molecular flexibility index (Phi) is 4.69. The molecular formula is C17H15ClN4S. The second-order valence-electron chi connectivity index (χ2n) is 5.04. The zero-order valence-corrected chi connectivity index (χ0v) is 14.3. The van der Waals surface area contributed by atoms with Crippen LogP contribution in [0.25, 0.3) is 11.3 Å². The van der Waals surface area contributed by atoms with Crippen molar-refractivity contribution in [2.24, 2.45) is 5.10 Å². The second kappa shape index (κ2) is 6.89. The minimum Gasteiger partial charge on any atom is -0.261 e. The predicted molar refractivity (Wildman–Crippen MR) is 97.4 cm³/mol. The van der Waals surface area contributed by atoms with E-state index in [0.717, 1.165) is 33.4 Å². The van der Waals surface area contributed by atoms with Crippen LogP contribution in [0.2, 0.25) is 5.02 Å². The van der Waals surface area contributed by atoms with E-state index in [2.05, 4.69) is 20.5 Å². The molecule has 2 aromatic heterocycles. The Morgan fingerprint density at radius 1 is 1.17 bits per heavy atom. The molecule has 6 heteroatoms. The number of hydrazone groups is 1. The van der Waals surface area contributed by atoms with Gasteiger partial charge in [-0.2, -0.15) is 5.10 Å². The summed E-state index contributed by atoms with van der Waals surface area (Å²) >= 11 is 7.41. The first-order chi connectivity index (χ1) is 11.1. The highest BCUT2D eigenvalue weighted by atomic mass is 35.5. The smallest absolute Gasteiger partial charge is 0.203 e. The molecule has 0 aliphatic heterocycles. The van der Waals surface area contributed by atoms with Crippen LogP contribution in [0.4, 0.5) is 5.13 Å². The monoisotopic (exact) mass is 342 g/mol. The highest BCUT2D eigenvalue weighted by Crippen LogP contribution is 2.26. The third kappa shape index (κ3) is 3.94. The van der Waals surface area contributed by atoms with Crippen molar-refractivity contribution in [2.45, 2.75) is 13.8 Å². The number of anilines is 1. The van der Waals surface area contributed by atoms with Gasteiger partial charge in [-0.05, 0) is 38.1 Å². The normalized spacial score (nSPS) is 11.5. The SMILES string of the molecule is CC(=NNc1nc(-c2ccc(Cl)cc2)cs1)c1ccc(C)nc1. The molecule has 3 aromatic rings. The molecule has 0 atom stereocenters. The summed E-state index contributed by atoms with van der Waals surface area (Å²) in [5, 5.41) is 7.82. The molecule has 0 unspecified atom stereocenters. The van der Waals surface area contributed by atoms with Gasteiger partial charge in [-0.1, -0.05) is 23.7 Å². The quantitative estimate of drug-likeness (QED) is 0.536. The minimum atomic E-state index is 0.717. The van der Waals surface area contributed by atoms with Gasteiger partial charge in [0.25, 0.3) is 0 Å². The van der Waals surface area contributed by atoms with E-state index in [1.165, 1.54) is 11.3 Å². The van der Waals surface area contributed by atoms with Crippen LogP contribution in [0.3, 0.4) is 0 Å². The van der Waals surface area contributed by atoms with E-state index >= 15 is 0 Å². The zero-order valence-electron chi connectivity index (χ0n) is 12.7. The van der Waals surface area contributed by atoms with Gasteiger partial charge >= 0.3 is 0 Å². The van der Waals surface area contributed by atoms with Crippen molar-refractivity contribution in [3.63, 3.8) is 0 Å². The maximum atomic E-state index is 5.90. The number of thiazole rings is 1. The molecule has 0 bridgehead atoms. The standard InChI is InChI=1S/C17H15ClN4S/c1-11-3-4-14(9-19-11)12(2)21-22-17-20-16(10-23-17)13-5-7-15(18)8-6-13/h3-10H,1-2H3,(H,20,22). The van der Waals surface area contributed by atoms with Crippen LogP contribution < -0.4 is 5.43 Å². The van der Waals surface area contributed by atoms with Crippen LogP contribution in [-0.4, -0.2) is 15.7 Å². The number of benzene rings is 1. The molecule has 0 aliphatic carbocycles. The van der Waals surface area contributed by atoms with Gasteiger partial charge in [-0.15, -0.1) is 11.3 Å². The lowest BCUT2D eigenvalue weighted by Gasteiger charge is -2.01. The summed E-state index contributed by atoms with van der Waals surface area (Å²) in [4.78, 5) is 8.81. The number of aryl methyl sites for hydroxylation is 1. The molecule has 0 saturated heterocycles. The summed E-state index contributed by atoms with van der Waals surface area (Å²) in [5.74, 6) is 0. The van der Waals surface area contributed by atoms with Gasteiger partial charge in [-0.3, -0.25) is 10.4 Å². The van der Waals surface area contributed by atoms with E-state index in [1.54, 1.807) is 0 Å². The van der Waals surface area contributed by atoms with Gasteiger partial charge < -0.3 is 0 Å². The molecule has 0 fully saturated rings. The summed E-state index contributed by atoms with van der Waals surface area (Å²) in [7, 11) is 0. The van der Waals surface area contributed by atoms with Crippen molar-refractivity contribution < 1.29 is 0 Å². The van der Waals surface area contributed by atoms with E-state index < -0.39 is 0 Å². The predicted octanol–water partition coefficient (Wildman–Crippen LogP) is 5.00. The van der Waals surface area contributed by atoms with Gasteiger partial charge in [0, 0.05) is 33.4 Å². The molecule has 0 radical (unpaired) electrons. The first-order valence-electron chi connectivity index (χ1n) is 7.06. The number of nitrogens with one attached hydrogen (secondary N) is 1. The third-order valence-corrected chi connectivity index (χ3v) is 4.29. The van der Waals surface area contributed by atoms with Crippen LogP contribution in [0.15, 0.2) is 53.1 Å². The molecule has 0 saturated carbocycles. The molecule has 0 spiro atoms.